The molecule has 2 rings (SSSR count). The molecule has 0 bridgehead atoms. The maximum Gasteiger partial charge on any atom is 0.244 e. The first-order valence-electron chi connectivity index (χ1n) is 7.22. The Morgan fingerprint density at radius 2 is 2.04 bits per heavy atom. The van der Waals surface area contributed by atoms with Gasteiger partial charge in [-0.3, -0.25) is 9.48 Å². The highest BCUT2D eigenvalue weighted by atomic mass is 19.1. The zero-order valence-corrected chi connectivity index (χ0v) is 13.4. The van der Waals surface area contributed by atoms with E-state index in [0.29, 0.717) is 0 Å². The Hall–Kier alpha value is -2.47. The molecule has 2 N–H and O–H groups in total. The Bertz CT molecular complexity index is 712. The average Bonchev–Trinajstić information content (AvgIpc) is 2.84. The van der Waals surface area contributed by atoms with Crippen LogP contribution in [0.5, 0.6) is 0 Å². The number of benzene rings is 1. The summed E-state index contributed by atoms with van der Waals surface area (Å²) in [5.74, 6) is -0.611. The molecule has 1 amide bonds. The second-order valence-corrected chi connectivity index (χ2v) is 5.94. The molecule has 122 valence electrons. The number of amides is 1. The van der Waals surface area contributed by atoms with E-state index in [9.17, 15) is 14.3 Å². The lowest BCUT2D eigenvalue weighted by molar-refractivity contribution is -0.117. The van der Waals surface area contributed by atoms with Gasteiger partial charge in [-0.25, -0.2) is 4.39 Å². The summed E-state index contributed by atoms with van der Waals surface area (Å²) in [6, 6.07) is 6.09. The van der Waals surface area contributed by atoms with E-state index in [-0.39, 0.29) is 18.3 Å². The van der Waals surface area contributed by atoms with Gasteiger partial charge in [-0.1, -0.05) is 0 Å². The molecule has 0 atom stereocenters. The normalized spacial score (nSPS) is 11.9. The molecule has 0 aliphatic heterocycles. The van der Waals surface area contributed by atoms with Crippen molar-refractivity contribution >= 4 is 12.0 Å². The summed E-state index contributed by atoms with van der Waals surface area (Å²) in [5.41, 5.74) is 1.38. The van der Waals surface area contributed by atoms with Gasteiger partial charge in [-0.2, -0.15) is 5.10 Å². The van der Waals surface area contributed by atoms with Gasteiger partial charge in [0.05, 0.1) is 17.5 Å². The van der Waals surface area contributed by atoms with Crippen molar-refractivity contribution in [3.8, 4) is 11.3 Å². The van der Waals surface area contributed by atoms with Crippen LogP contribution < -0.4 is 5.32 Å². The van der Waals surface area contributed by atoms with Crippen molar-refractivity contribution in [3.05, 3.63) is 47.9 Å². The van der Waals surface area contributed by atoms with E-state index < -0.39 is 5.60 Å². The highest BCUT2D eigenvalue weighted by Gasteiger charge is 2.13. The van der Waals surface area contributed by atoms with Gasteiger partial charge in [0.25, 0.3) is 0 Å². The Kier molecular flexibility index (Phi) is 4.95. The van der Waals surface area contributed by atoms with Gasteiger partial charge >= 0.3 is 0 Å². The minimum Gasteiger partial charge on any atom is -0.389 e. The third kappa shape index (κ3) is 4.75. The molecule has 1 aromatic heterocycles. The number of carbonyl (C=O) groups excluding carboxylic acids is 1. The van der Waals surface area contributed by atoms with Crippen LogP contribution >= 0.6 is 0 Å². The molecule has 0 saturated carbocycles. The summed E-state index contributed by atoms with van der Waals surface area (Å²) >= 11 is 0. The van der Waals surface area contributed by atoms with Gasteiger partial charge in [0, 0.05) is 30.8 Å². The SMILES string of the molecule is Cn1ncc(/C=C/C(=O)NCC(C)(C)O)c1-c1ccc(F)cc1. The zero-order valence-electron chi connectivity index (χ0n) is 13.4. The number of aromatic nitrogens is 2. The van der Waals surface area contributed by atoms with E-state index in [1.807, 2.05) is 0 Å². The smallest absolute Gasteiger partial charge is 0.244 e. The summed E-state index contributed by atoms with van der Waals surface area (Å²) in [6.07, 6.45) is 4.67. The topological polar surface area (TPSA) is 67.2 Å². The Morgan fingerprint density at radius 1 is 1.39 bits per heavy atom. The number of hydrogen-bond donors (Lipinski definition) is 2. The lowest BCUT2D eigenvalue weighted by Crippen LogP contribution is -2.37. The number of nitrogens with one attached hydrogen (secondary N) is 1. The molecule has 0 radical (unpaired) electrons. The van der Waals surface area contributed by atoms with Crippen molar-refractivity contribution in [3.63, 3.8) is 0 Å². The molecular weight excluding hydrogens is 297 g/mol. The molecule has 0 aliphatic rings. The number of carbonyl (C=O) groups is 1. The van der Waals surface area contributed by atoms with E-state index in [4.69, 9.17) is 0 Å². The fourth-order valence-corrected chi connectivity index (χ4v) is 2.07. The molecule has 0 saturated heterocycles. The quantitative estimate of drug-likeness (QED) is 0.830. The Balaban J connectivity index is 2.17. The first-order chi connectivity index (χ1) is 10.8. The van der Waals surface area contributed by atoms with Crippen molar-refractivity contribution in [2.45, 2.75) is 19.4 Å². The lowest BCUT2D eigenvalue weighted by Gasteiger charge is -2.16. The molecule has 0 spiro atoms. The zero-order chi connectivity index (χ0) is 17.0. The molecule has 5 nitrogen and oxygen atoms in total. The number of hydrogen-bond acceptors (Lipinski definition) is 3. The van der Waals surface area contributed by atoms with Gasteiger partial charge < -0.3 is 10.4 Å². The van der Waals surface area contributed by atoms with Crippen LogP contribution in [0.15, 0.2) is 36.5 Å². The van der Waals surface area contributed by atoms with E-state index >= 15 is 0 Å². The maximum atomic E-state index is 13.1. The summed E-state index contributed by atoms with van der Waals surface area (Å²) < 4.78 is 14.7. The van der Waals surface area contributed by atoms with E-state index in [1.54, 1.807) is 50.0 Å². The van der Waals surface area contributed by atoms with Crippen molar-refractivity contribution in [2.75, 3.05) is 6.54 Å². The largest absolute Gasteiger partial charge is 0.389 e. The van der Waals surface area contributed by atoms with Crippen LogP contribution in [0.4, 0.5) is 4.39 Å². The minimum absolute atomic E-state index is 0.161. The van der Waals surface area contributed by atoms with E-state index in [1.165, 1.54) is 18.2 Å². The van der Waals surface area contributed by atoms with Crippen LogP contribution in [0.1, 0.15) is 19.4 Å². The third-order valence-corrected chi connectivity index (χ3v) is 3.19. The minimum atomic E-state index is -0.961. The van der Waals surface area contributed by atoms with Crippen molar-refractivity contribution in [2.24, 2.45) is 7.05 Å². The molecule has 1 heterocycles. The Labute approximate surface area is 134 Å². The molecule has 0 unspecified atom stereocenters. The highest BCUT2D eigenvalue weighted by molar-refractivity contribution is 5.92. The summed E-state index contributed by atoms with van der Waals surface area (Å²) in [6.45, 7) is 3.39. The number of rotatable bonds is 5. The summed E-state index contributed by atoms with van der Waals surface area (Å²) in [4.78, 5) is 11.8. The molecule has 0 fully saturated rings. The van der Waals surface area contributed by atoms with Crippen molar-refractivity contribution in [1.82, 2.24) is 15.1 Å². The predicted octanol–water partition coefficient (Wildman–Crippen LogP) is 2.13. The Morgan fingerprint density at radius 3 is 2.65 bits per heavy atom. The summed E-state index contributed by atoms with van der Waals surface area (Å²) in [7, 11) is 1.78. The second-order valence-electron chi connectivity index (χ2n) is 5.94. The molecular formula is C17H20FN3O2. The van der Waals surface area contributed by atoms with Crippen molar-refractivity contribution in [1.29, 1.82) is 0 Å². The summed E-state index contributed by atoms with van der Waals surface area (Å²) in [5, 5.41) is 16.4. The molecule has 23 heavy (non-hydrogen) atoms. The molecule has 0 aliphatic carbocycles. The third-order valence-electron chi connectivity index (χ3n) is 3.19. The van der Waals surface area contributed by atoms with Gasteiger partial charge in [-0.15, -0.1) is 0 Å². The number of aryl methyl sites for hydroxylation is 1. The van der Waals surface area contributed by atoms with Gasteiger partial charge in [0.1, 0.15) is 5.82 Å². The monoisotopic (exact) mass is 317 g/mol. The predicted molar refractivity (Wildman–Crippen MR) is 86.9 cm³/mol. The van der Waals surface area contributed by atoms with Crippen LogP contribution in [0.25, 0.3) is 17.3 Å². The average molecular weight is 317 g/mol. The maximum absolute atomic E-state index is 13.1. The van der Waals surface area contributed by atoms with E-state index in [2.05, 4.69) is 10.4 Å². The van der Waals surface area contributed by atoms with Gasteiger partial charge in [0.2, 0.25) is 5.91 Å². The number of nitrogens with zero attached hydrogens (tertiary/aromatic N) is 2. The highest BCUT2D eigenvalue weighted by Crippen LogP contribution is 2.24. The number of aliphatic hydroxyl groups is 1. The van der Waals surface area contributed by atoms with Crippen LogP contribution in [0.2, 0.25) is 0 Å². The first kappa shape index (κ1) is 16.9. The van der Waals surface area contributed by atoms with Crippen molar-refractivity contribution < 1.29 is 14.3 Å². The second kappa shape index (κ2) is 6.75. The fourth-order valence-electron chi connectivity index (χ4n) is 2.07. The number of halogens is 1. The first-order valence-corrected chi connectivity index (χ1v) is 7.22. The molecule has 2 aromatic rings. The van der Waals surface area contributed by atoms with Crippen LogP contribution in [0.3, 0.4) is 0 Å². The standard InChI is InChI=1S/C17H20FN3O2/c1-17(2,23)11-19-15(22)9-6-13-10-20-21(3)16(13)12-4-7-14(18)8-5-12/h4-10,23H,11H2,1-3H3,(H,19,22)/b9-6+. The molecule has 6 heteroatoms. The van der Waals surface area contributed by atoms with Gasteiger partial charge in [0.15, 0.2) is 0 Å². The van der Waals surface area contributed by atoms with Crippen LogP contribution in [0, 0.1) is 5.82 Å². The van der Waals surface area contributed by atoms with Crippen LogP contribution in [-0.2, 0) is 11.8 Å². The van der Waals surface area contributed by atoms with E-state index in [0.717, 1.165) is 16.8 Å². The van der Waals surface area contributed by atoms with Gasteiger partial charge in [-0.05, 0) is 44.2 Å². The fraction of sp³-hybridized carbons (Fsp3) is 0.294. The lowest BCUT2D eigenvalue weighted by atomic mass is 10.1. The molecule has 1 aromatic carbocycles. The van der Waals surface area contributed by atoms with Crippen LogP contribution in [-0.4, -0.2) is 32.9 Å².